The van der Waals surface area contributed by atoms with Crippen molar-refractivity contribution in [1.82, 2.24) is 75.2 Å². The number of aromatic amines is 3. The van der Waals surface area contributed by atoms with Gasteiger partial charge in [-0.25, -0.2) is 15.0 Å². The van der Waals surface area contributed by atoms with Crippen LogP contribution >= 0.6 is 11.6 Å². The fourth-order valence-electron chi connectivity index (χ4n) is 18.8. The predicted molar refractivity (Wildman–Crippen MR) is 451 cm³/mol. The minimum absolute atomic E-state index is 0. The van der Waals surface area contributed by atoms with Gasteiger partial charge in [-0.2, -0.15) is 30.2 Å². The SMILES string of the molecule is C.CC1(C)OB(C2=CCOC2)OC1(C)C.Cc1cc(Nc2cc(C3=CCOC3)nc(N(C)C3C[C@H]4CCC[C@@H](C3)N4C(=O)CC3CC3)n2)n[nH]1.Cc1cc(Nc2cc(C3CCOC3)nc(N(C)C3C[C@H]4CCC[C@@H](C3)N4C(=O)CC3CC3)n2)n[nH]1.Cc1cc(Nc2cc(Cl)nc(N(C)C3C[C@H]4CCC[C@@H](C3)N4C(=O)CC3CC3)n2)n[nH]1. The molecule has 116 heavy (non-hydrogen) atoms. The lowest BCUT2D eigenvalue weighted by Gasteiger charge is -2.50. The van der Waals surface area contributed by atoms with Gasteiger partial charge in [0.2, 0.25) is 35.6 Å². The molecule has 6 aromatic heterocycles. The molecule has 8 saturated heterocycles. The van der Waals surface area contributed by atoms with Crippen molar-refractivity contribution in [2.24, 2.45) is 17.8 Å². The van der Waals surface area contributed by atoms with Crippen molar-refractivity contribution in [2.45, 2.75) is 288 Å². The number of piperidine rings is 6. The van der Waals surface area contributed by atoms with E-state index in [1.165, 1.54) is 57.8 Å². The van der Waals surface area contributed by atoms with Crippen LogP contribution in [0.15, 0.2) is 54.0 Å². The van der Waals surface area contributed by atoms with E-state index in [1.54, 1.807) is 6.07 Å². The summed E-state index contributed by atoms with van der Waals surface area (Å²) in [6, 6.07) is 14.5. The van der Waals surface area contributed by atoms with Crippen LogP contribution in [0.4, 0.5) is 52.8 Å². The third-order valence-corrected chi connectivity index (χ3v) is 26.7. The summed E-state index contributed by atoms with van der Waals surface area (Å²) in [6.45, 7) is 18.1. The number of halogens is 1. The van der Waals surface area contributed by atoms with Crippen LogP contribution in [0, 0.1) is 38.5 Å². The molecule has 6 bridgehead atoms. The molecule has 4 unspecified atom stereocenters. The number of H-pyrrole nitrogens is 3. The molecule has 10 atom stereocenters. The summed E-state index contributed by atoms with van der Waals surface area (Å²) < 4.78 is 28.2. The number of aryl methyl sites for hydroxylation is 3. The second-order valence-electron chi connectivity index (χ2n) is 35.9. The average Bonchev–Trinajstić information content (AvgIpc) is 1.43. The number of carbonyl (C=O) groups is 3. The highest BCUT2D eigenvalue weighted by Gasteiger charge is 2.53. The van der Waals surface area contributed by atoms with Crippen LogP contribution in [-0.2, 0) is 37.9 Å². The number of hydrogen-bond acceptors (Lipinski definition) is 23. The molecule has 3 amide bonds. The summed E-state index contributed by atoms with van der Waals surface area (Å²) in [4.78, 5) is 81.4. The number of amides is 3. The Morgan fingerprint density at radius 2 is 0.871 bits per heavy atom. The first-order valence-electron chi connectivity index (χ1n) is 42.7. The monoisotopic (exact) mass is 1610 g/mol. The minimum atomic E-state index is -0.249. The quantitative estimate of drug-likeness (QED) is 0.0288. The first-order chi connectivity index (χ1) is 55.4. The first-order valence-corrected chi connectivity index (χ1v) is 43.1. The van der Waals surface area contributed by atoms with E-state index in [0.717, 1.165) is 172 Å². The van der Waals surface area contributed by atoms with Gasteiger partial charge in [0.05, 0.1) is 55.6 Å². The maximum atomic E-state index is 13.1. The average molecular weight is 1610 g/mol. The van der Waals surface area contributed by atoms with Crippen LogP contribution in [0.25, 0.3) is 5.57 Å². The molecular formula is C85H123BClN21O8. The molecule has 0 aromatic carbocycles. The Balaban J connectivity index is 0.000000126. The zero-order chi connectivity index (χ0) is 79.8. The van der Waals surface area contributed by atoms with Gasteiger partial charge in [-0.1, -0.05) is 31.2 Å². The molecule has 0 spiro atoms. The zero-order valence-electron chi connectivity index (χ0n) is 69.0. The number of aromatic nitrogens is 12. The summed E-state index contributed by atoms with van der Waals surface area (Å²) in [5.41, 5.74) is 6.55. The van der Waals surface area contributed by atoms with Crippen molar-refractivity contribution < 1.29 is 37.9 Å². The number of carbonyl (C=O) groups excluding carboxylic acids is 3. The van der Waals surface area contributed by atoms with Gasteiger partial charge >= 0.3 is 7.12 Å². The Kier molecular flexibility index (Phi) is 25.5. The molecule has 3 saturated carbocycles. The Morgan fingerprint density at radius 3 is 1.23 bits per heavy atom. The van der Waals surface area contributed by atoms with E-state index in [-0.39, 0.29) is 31.7 Å². The van der Waals surface area contributed by atoms with Gasteiger partial charge in [-0.3, -0.25) is 29.7 Å². The number of nitrogens with one attached hydrogen (secondary N) is 6. The molecule has 31 heteroatoms. The second-order valence-corrected chi connectivity index (χ2v) is 36.3. The molecule has 6 N–H and O–H groups in total. The predicted octanol–water partition coefficient (Wildman–Crippen LogP) is 14.0. The summed E-state index contributed by atoms with van der Waals surface area (Å²) >= 11 is 6.32. The fraction of sp³-hybridized carbons (Fsp3) is 0.671. The molecule has 11 fully saturated rings. The van der Waals surface area contributed by atoms with Gasteiger partial charge < -0.3 is 68.9 Å². The van der Waals surface area contributed by atoms with Crippen LogP contribution in [0.1, 0.15) is 230 Å². The summed E-state index contributed by atoms with van der Waals surface area (Å²) in [5, 5.41) is 32.0. The smallest absolute Gasteiger partial charge is 0.400 e. The molecule has 19 rings (SSSR count). The zero-order valence-corrected chi connectivity index (χ0v) is 69.7. The summed E-state index contributed by atoms with van der Waals surface area (Å²) in [5.74, 6) is 9.65. The van der Waals surface area contributed by atoms with Crippen molar-refractivity contribution >= 4 is 94.8 Å². The Labute approximate surface area is 689 Å². The van der Waals surface area contributed by atoms with Gasteiger partial charge in [-0.15, -0.1) is 0 Å². The van der Waals surface area contributed by atoms with E-state index in [0.29, 0.717) is 157 Å². The number of hydrogen-bond donors (Lipinski definition) is 6. The Morgan fingerprint density at radius 1 is 0.483 bits per heavy atom. The molecule has 16 heterocycles. The highest BCUT2D eigenvalue weighted by molar-refractivity contribution is 6.54. The number of nitrogens with zero attached hydrogens (tertiary/aromatic N) is 15. The van der Waals surface area contributed by atoms with E-state index in [1.807, 2.05) is 64.2 Å². The van der Waals surface area contributed by atoms with E-state index < -0.39 is 0 Å². The van der Waals surface area contributed by atoms with E-state index in [9.17, 15) is 14.4 Å². The van der Waals surface area contributed by atoms with Crippen LogP contribution in [0.5, 0.6) is 0 Å². The molecule has 29 nitrogen and oxygen atoms in total. The Bertz CT molecular complexity index is 4420. The number of fused-ring (bicyclic) bond motifs is 6. The number of ether oxygens (including phenoxy) is 3. The van der Waals surface area contributed by atoms with E-state index in [2.05, 4.69) is 129 Å². The van der Waals surface area contributed by atoms with Crippen LogP contribution in [-0.4, -0.2) is 226 Å². The van der Waals surface area contributed by atoms with Crippen molar-refractivity contribution in [3.05, 3.63) is 87.6 Å². The third kappa shape index (κ3) is 19.8. The van der Waals surface area contributed by atoms with Gasteiger partial charge in [-0.05, 0) is 213 Å². The van der Waals surface area contributed by atoms with Crippen molar-refractivity contribution in [3.63, 3.8) is 0 Å². The van der Waals surface area contributed by atoms with Crippen LogP contribution in [0.3, 0.4) is 0 Å². The lowest BCUT2D eigenvalue weighted by atomic mass is 9.79. The molecule has 0 radical (unpaired) electrons. The standard InChI is InChI=1S/C26H37N7O2.C26H35N7O2.C22H30ClN7O.C10H17BO3.CH4/c2*1-16-10-24(31-30-16)28-23-14-22(18-8-9-35-15-18)27-26(29-23)32(2)21-12-19-4-3-5-20(13-21)33(19)25(34)11-17-6-7-17;1-13-8-20(28-27-13)25-19-12-18(23)24-22(26-19)29(2)17-10-15-4-3-5-16(11-17)30(15)21(31)9-14-6-7-14;1-9(2)10(3,4)14-11(13-9)8-5-6-12-7-8;/h10,14,17-21H,3-9,11-13,15H2,1-2H3,(H2,27,28,29,30,31);8,10,14,17,19-21H,3-7,9,11-13,15H2,1-2H3,(H2,27,28,29,30,31);8,12,14-17H,3-7,9-11H2,1-2H3,(H2,24,25,26,27,28);5H,6-7H2,1-4H3;1H4/t18?,19-,20+,21?;19-,20+,21?;15-,16+,17?;;. The topological polar surface area (TPSA) is 316 Å². The summed E-state index contributed by atoms with van der Waals surface area (Å²) in [7, 11) is 6.04. The lowest BCUT2D eigenvalue weighted by Crippen LogP contribution is -2.58. The summed E-state index contributed by atoms with van der Waals surface area (Å²) in [6.07, 6.45) is 30.8. The van der Waals surface area contributed by atoms with Crippen LogP contribution < -0.4 is 30.7 Å². The highest BCUT2D eigenvalue weighted by Crippen LogP contribution is 2.46. The van der Waals surface area contributed by atoms with Crippen molar-refractivity contribution in [3.8, 4) is 0 Å². The molecule has 13 aliphatic rings. The van der Waals surface area contributed by atoms with Gasteiger partial charge in [0, 0.05) is 166 Å². The normalized spacial score (nSPS) is 26.7. The molecule has 6 aromatic rings. The number of rotatable bonds is 21. The lowest BCUT2D eigenvalue weighted by molar-refractivity contribution is -0.142. The van der Waals surface area contributed by atoms with Gasteiger partial charge in [0.15, 0.2) is 17.5 Å². The van der Waals surface area contributed by atoms with Gasteiger partial charge in [0.25, 0.3) is 0 Å². The molecular weight excluding hydrogens is 1490 g/mol. The molecule has 3 aliphatic carbocycles. The van der Waals surface area contributed by atoms with E-state index >= 15 is 0 Å². The third-order valence-electron chi connectivity index (χ3n) is 26.5. The molecule has 10 aliphatic heterocycles. The largest absolute Gasteiger partial charge is 0.492 e. The number of anilines is 9. The maximum absolute atomic E-state index is 13.1. The molecule has 626 valence electrons. The van der Waals surface area contributed by atoms with Crippen molar-refractivity contribution in [2.75, 3.05) is 91.4 Å². The minimum Gasteiger partial charge on any atom is -0.400 e. The fourth-order valence-corrected chi connectivity index (χ4v) is 19.0. The van der Waals surface area contributed by atoms with E-state index in [4.69, 9.17) is 60.0 Å². The Hall–Kier alpha value is -8.29. The van der Waals surface area contributed by atoms with Gasteiger partial charge in [0.1, 0.15) is 22.6 Å². The van der Waals surface area contributed by atoms with Crippen LogP contribution in [0.2, 0.25) is 5.15 Å². The van der Waals surface area contributed by atoms with Crippen molar-refractivity contribution in [1.29, 1.82) is 0 Å². The maximum Gasteiger partial charge on any atom is 0.492 e. The second kappa shape index (κ2) is 35.7. The first kappa shape index (κ1) is 82.8. The highest BCUT2D eigenvalue weighted by atomic mass is 35.5.